The minimum Gasteiger partial charge on any atom is -0.444 e. The van der Waals surface area contributed by atoms with E-state index in [0.717, 1.165) is 13.0 Å². The van der Waals surface area contributed by atoms with Crippen LogP contribution >= 0.6 is 0 Å². The van der Waals surface area contributed by atoms with Crippen LogP contribution in [-0.4, -0.2) is 29.3 Å². The monoisotopic (exact) mass is 172 g/mol. The molecule has 2 N–H and O–H groups in total. The summed E-state index contributed by atoms with van der Waals surface area (Å²) in [7, 11) is 0. The third-order valence-corrected chi connectivity index (χ3v) is 1.69. The molecular formula is C8H16N2O2. The number of hydrogen-bond donors (Lipinski definition) is 1. The zero-order valence-electron chi connectivity index (χ0n) is 7.83. The van der Waals surface area contributed by atoms with Crippen molar-refractivity contribution < 1.29 is 9.53 Å². The van der Waals surface area contributed by atoms with Gasteiger partial charge in [0.1, 0.15) is 5.60 Å². The molecule has 0 bridgehead atoms. The average molecular weight is 172 g/mol. The van der Waals surface area contributed by atoms with Crippen LogP contribution in [0, 0.1) is 0 Å². The summed E-state index contributed by atoms with van der Waals surface area (Å²) in [4.78, 5) is 12.8. The van der Waals surface area contributed by atoms with Gasteiger partial charge < -0.3 is 10.5 Å². The number of carbonyl (C=O) groups excluding carboxylic acids is 1. The molecule has 1 atom stereocenters. The van der Waals surface area contributed by atoms with Gasteiger partial charge in [0.2, 0.25) is 0 Å². The topological polar surface area (TPSA) is 55.6 Å². The average Bonchev–Trinajstić information content (AvgIpc) is 1.79. The van der Waals surface area contributed by atoms with Crippen molar-refractivity contribution in [2.45, 2.75) is 39.0 Å². The molecule has 0 aliphatic carbocycles. The molecular weight excluding hydrogens is 156 g/mol. The number of amides is 1. The highest BCUT2D eigenvalue weighted by Crippen LogP contribution is 2.17. The molecule has 1 aliphatic heterocycles. The molecule has 0 aromatic carbocycles. The van der Waals surface area contributed by atoms with Crippen molar-refractivity contribution in [2.24, 2.45) is 5.73 Å². The Hall–Kier alpha value is -0.770. The van der Waals surface area contributed by atoms with E-state index in [4.69, 9.17) is 10.5 Å². The van der Waals surface area contributed by atoms with Gasteiger partial charge in [-0.3, -0.25) is 4.90 Å². The van der Waals surface area contributed by atoms with Crippen molar-refractivity contribution in [3.05, 3.63) is 0 Å². The van der Waals surface area contributed by atoms with Crippen molar-refractivity contribution >= 4 is 6.09 Å². The molecule has 4 nitrogen and oxygen atoms in total. The van der Waals surface area contributed by atoms with Crippen LogP contribution in [0.5, 0.6) is 0 Å². The van der Waals surface area contributed by atoms with Gasteiger partial charge in [0.25, 0.3) is 0 Å². The molecule has 12 heavy (non-hydrogen) atoms. The second-order valence-corrected chi connectivity index (χ2v) is 4.03. The van der Waals surface area contributed by atoms with Crippen molar-refractivity contribution in [1.82, 2.24) is 4.90 Å². The molecule has 0 saturated carbocycles. The van der Waals surface area contributed by atoms with Gasteiger partial charge in [0, 0.05) is 6.54 Å². The van der Waals surface area contributed by atoms with Crippen LogP contribution in [0.4, 0.5) is 4.79 Å². The van der Waals surface area contributed by atoms with Crippen LogP contribution < -0.4 is 5.73 Å². The van der Waals surface area contributed by atoms with Gasteiger partial charge in [-0.25, -0.2) is 4.79 Å². The lowest BCUT2D eigenvalue weighted by Gasteiger charge is -2.38. The van der Waals surface area contributed by atoms with E-state index >= 15 is 0 Å². The molecule has 1 rings (SSSR count). The van der Waals surface area contributed by atoms with E-state index in [1.165, 1.54) is 4.90 Å². The standard InChI is InChI=1S/C8H16N2O2/c1-8(2,3)12-7(11)10-5-4-6(10)9/h6H,4-5,9H2,1-3H3/t6-/m1/s1. The Labute approximate surface area is 72.7 Å². The first-order valence-corrected chi connectivity index (χ1v) is 4.15. The van der Waals surface area contributed by atoms with E-state index in [9.17, 15) is 4.79 Å². The first-order valence-electron chi connectivity index (χ1n) is 4.15. The summed E-state index contributed by atoms with van der Waals surface area (Å²) in [6.07, 6.45) is 0.431. The van der Waals surface area contributed by atoms with Crippen LogP contribution in [0.25, 0.3) is 0 Å². The van der Waals surface area contributed by atoms with Crippen LogP contribution in [0.3, 0.4) is 0 Å². The molecule has 70 valence electrons. The normalized spacial score (nSPS) is 23.3. The molecule has 0 aromatic rings. The number of rotatable bonds is 0. The zero-order valence-corrected chi connectivity index (χ0v) is 7.83. The van der Waals surface area contributed by atoms with Gasteiger partial charge >= 0.3 is 6.09 Å². The zero-order chi connectivity index (χ0) is 9.35. The Morgan fingerprint density at radius 2 is 2.17 bits per heavy atom. The highest BCUT2D eigenvalue weighted by atomic mass is 16.6. The van der Waals surface area contributed by atoms with E-state index in [1.54, 1.807) is 0 Å². The quantitative estimate of drug-likeness (QED) is 0.591. The van der Waals surface area contributed by atoms with E-state index in [0.29, 0.717) is 0 Å². The van der Waals surface area contributed by atoms with Gasteiger partial charge in [-0.05, 0) is 27.2 Å². The van der Waals surface area contributed by atoms with Crippen molar-refractivity contribution in [3.63, 3.8) is 0 Å². The Bertz CT molecular complexity index is 186. The predicted molar refractivity (Wildman–Crippen MR) is 45.5 cm³/mol. The summed E-state index contributed by atoms with van der Waals surface area (Å²) in [6.45, 7) is 6.25. The Morgan fingerprint density at radius 3 is 2.42 bits per heavy atom. The second-order valence-electron chi connectivity index (χ2n) is 4.03. The van der Waals surface area contributed by atoms with Crippen LogP contribution in [-0.2, 0) is 4.74 Å². The molecule has 0 spiro atoms. The molecule has 1 amide bonds. The summed E-state index contributed by atoms with van der Waals surface area (Å²) >= 11 is 0. The number of nitrogens with two attached hydrogens (primary N) is 1. The van der Waals surface area contributed by atoms with Gasteiger partial charge in [-0.1, -0.05) is 0 Å². The summed E-state index contributed by atoms with van der Waals surface area (Å²) in [6, 6.07) is 0. The fourth-order valence-electron chi connectivity index (χ4n) is 0.955. The predicted octanol–water partition coefficient (Wildman–Crippen LogP) is 0.912. The molecule has 1 heterocycles. The smallest absolute Gasteiger partial charge is 0.411 e. The molecule has 1 aliphatic rings. The molecule has 0 unspecified atom stereocenters. The van der Waals surface area contributed by atoms with E-state index in [2.05, 4.69) is 0 Å². The van der Waals surface area contributed by atoms with Gasteiger partial charge in [-0.2, -0.15) is 0 Å². The molecule has 4 heteroatoms. The van der Waals surface area contributed by atoms with E-state index < -0.39 is 5.60 Å². The van der Waals surface area contributed by atoms with E-state index in [1.807, 2.05) is 20.8 Å². The molecule has 0 radical (unpaired) electrons. The largest absolute Gasteiger partial charge is 0.444 e. The summed E-state index contributed by atoms with van der Waals surface area (Å²) in [5.41, 5.74) is 5.14. The molecule has 1 saturated heterocycles. The molecule has 0 aromatic heterocycles. The first-order chi connectivity index (χ1) is 5.40. The second kappa shape index (κ2) is 2.94. The molecule has 1 fully saturated rings. The lowest BCUT2D eigenvalue weighted by atomic mass is 10.1. The Kier molecular flexibility index (Phi) is 2.28. The van der Waals surface area contributed by atoms with Crippen molar-refractivity contribution in [3.8, 4) is 0 Å². The third kappa shape index (κ3) is 2.11. The van der Waals surface area contributed by atoms with Crippen LogP contribution in [0.15, 0.2) is 0 Å². The summed E-state index contributed by atoms with van der Waals surface area (Å²) < 4.78 is 5.12. The third-order valence-electron chi connectivity index (χ3n) is 1.69. The SMILES string of the molecule is CC(C)(C)OC(=O)N1CC[C@@H]1N. The Balaban J connectivity index is 2.39. The van der Waals surface area contributed by atoms with Crippen molar-refractivity contribution in [1.29, 1.82) is 0 Å². The fraction of sp³-hybridized carbons (Fsp3) is 0.875. The van der Waals surface area contributed by atoms with Gasteiger partial charge in [0.05, 0.1) is 6.17 Å². The maximum Gasteiger partial charge on any atom is 0.411 e. The number of nitrogens with zero attached hydrogens (tertiary/aromatic N) is 1. The Morgan fingerprint density at radius 1 is 1.58 bits per heavy atom. The minimum atomic E-state index is -0.424. The number of ether oxygens (including phenoxy) is 1. The van der Waals surface area contributed by atoms with Crippen LogP contribution in [0.2, 0.25) is 0 Å². The summed E-state index contributed by atoms with van der Waals surface area (Å²) in [5.74, 6) is 0. The fourth-order valence-corrected chi connectivity index (χ4v) is 0.955. The summed E-state index contributed by atoms with van der Waals surface area (Å²) in [5, 5.41) is 0. The minimum absolute atomic E-state index is 0.139. The first kappa shape index (κ1) is 9.32. The van der Waals surface area contributed by atoms with Gasteiger partial charge in [-0.15, -0.1) is 0 Å². The lowest BCUT2D eigenvalue weighted by molar-refractivity contribution is -0.00387. The van der Waals surface area contributed by atoms with Crippen LogP contribution in [0.1, 0.15) is 27.2 Å². The van der Waals surface area contributed by atoms with E-state index in [-0.39, 0.29) is 12.3 Å². The number of carbonyl (C=O) groups is 1. The number of hydrogen-bond acceptors (Lipinski definition) is 3. The van der Waals surface area contributed by atoms with Gasteiger partial charge in [0.15, 0.2) is 0 Å². The lowest BCUT2D eigenvalue weighted by Crippen LogP contribution is -2.57. The van der Waals surface area contributed by atoms with Crippen molar-refractivity contribution in [2.75, 3.05) is 6.54 Å². The highest BCUT2D eigenvalue weighted by molar-refractivity contribution is 5.69. The maximum absolute atomic E-state index is 11.3. The maximum atomic E-state index is 11.3. The number of likely N-dealkylation sites (tertiary alicyclic amines) is 1. The highest BCUT2D eigenvalue weighted by Gasteiger charge is 2.32.